The van der Waals surface area contributed by atoms with Crippen LogP contribution in [0.25, 0.3) is 0 Å². The third-order valence-electron chi connectivity index (χ3n) is 8.15. The third kappa shape index (κ3) is 7.67. The predicted octanol–water partition coefficient (Wildman–Crippen LogP) is 6.21. The van der Waals surface area contributed by atoms with Crippen molar-refractivity contribution in [2.45, 2.75) is 62.6 Å². The molecule has 2 aliphatic heterocycles. The van der Waals surface area contributed by atoms with Gasteiger partial charge in [-0.2, -0.15) is 17.5 Å². The molecule has 2 saturated heterocycles. The van der Waals surface area contributed by atoms with Gasteiger partial charge in [0.2, 0.25) is 10.0 Å². The van der Waals surface area contributed by atoms with Gasteiger partial charge >= 0.3 is 6.18 Å². The Morgan fingerprint density at radius 3 is 2.10 bits per heavy atom. The Bertz CT molecular complexity index is 1190. The summed E-state index contributed by atoms with van der Waals surface area (Å²) in [5.41, 5.74) is 0.125. The topological polar surface area (TPSA) is 59.1 Å². The Balaban J connectivity index is 1.18. The second kappa shape index (κ2) is 12.9. The minimum Gasteiger partial charge on any atom is -0.497 e. The Labute approximate surface area is 230 Å². The van der Waals surface area contributed by atoms with Crippen LogP contribution in [0.4, 0.5) is 13.2 Å². The lowest BCUT2D eigenvalue weighted by molar-refractivity contribution is -0.137. The van der Waals surface area contributed by atoms with E-state index in [0.717, 1.165) is 64.1 Å². The molecule has 216 valence electrons. The molecule has 2 aliphatic rings. The van der Waals surface area contributed by atoms with Crippen LogP contribution < -0.4 is 9.47 Å². The summed E-state index contributed by atoms with van der Waals surface area (Å²) in [6.45, 7) is 3.37. The van der Waals surface area contributed by atoms with Gasteiger partial charge in [0.25, 0.3) is 0 Å². The highest BCUT2D eigenvalue weighted by atomic mass is 32.2. The molecule has 0 saturated carbocycles. The number of piperidine rings is 2. The monoisotopic (exact) mass is 568 g/mol. The second-order valence-electron chi connectivity index (χ2n) is 10.7. The van der Waals surface area contributed by atoms with Gasteiger partial charge in [-0.3, -0.25) is 4.90 Å². The number of methoxy groups -OCH3 is 2. The van der Waals surface area contributed by atoms with E-state index < -0.39 is 21.8 Å². The molecule has 0 unspecified atom stereocenters. The molecular formula is C29H39F3N2O4S. The molecule has 6 nitrogen and oxygen atoms in total. The van der Waals surface area contributed by atoms with Crippen LogP contribution in [0.5, 0.6) is 11.5 Å². The summed E-state index contributed by atoms with van der Waals surface area (Å²) >= 11 is 0. The molecule has 0 bridgehead atoms. The molecular weight excluding hydrogens is 529 g/mol. The van der Waals surface area contributed by atoms with E-state index in [1.54, 1.807) is 22.5 Å². The smallest absolute Gasteiger partial charge is 0.416 e. The van der Waals surface area contributed by atoms with Crippen LogP contribution in [0.1, 0.15) is 56.1 Å². The van der Waals surface area contributed by atoms with E-state index >= 15 is 0 Å². The van der Waals surface area contributed by atoms with Gasteiger partial charge in [-0.25, -0.2) is 8.42 Å². The predicted molar refractivity (Wildman–Crippen MR) is 144 cm³/mol. The maximum absolute atomic E-state index is 13.3. The molecule has 39 heavy (non-hydrogen) atoms. The number of hydrogen-bond acceptors (Lipinski definition) is 5. The van der Waals surface area contributed by atoms with Crippen molar-refractivity contribution < 1.29 is 31.1 Å². The number of nitrogens with zero attached hydrogens (tertiary/aromatic N) is 2. The van der Waals surface area contributed by atoms with Crippen molar-refractivity contribution >= 4 is 10.0 Å². The Morgan fingerprint density at radius 1 is 0.872 bits per heavy atom. The van der Waals surface area contributed by atoms with Crippen LogP contribution in [0.2, 0.25) is 0 Å². The van der Waals surface area contributed by atoms with Gasteiger partial charge in [0.05, 0.1) is 19.8 Å². The molecule has 0 spiro atoms. The maximum Gasteiger partial charge on any atom is 0.416 e. The lowest BCUT2D eigenvalue weighted by atomic mass is 9.87. The number of likely N-dealkylation sites (tertiary alicyclic amines) is 1. The Kier molecular flexibility index (Phi) is 9.82. The first-order valence-corrected chi connectivity index (χ1v) is 15.1. The maximum atomic E-state index is 13.3. The molecule has 2 aromatic carbocycles. The average Bonchev–Trinajstić information content (AvgIpc) is 2.93. The molecule has 0 radical (unpaired) electrons. The molecule has 0 aliphatic carbocycles. The summed E-state index contributed by atoms with van der Waals surface area (Å²) in [5.74, 6) is 1.96. The van der Waals surface area contributed by atoms with Crippen LogP contribution in [-0.4, -0.2) is 58.0 Å². The van der Waals surface area contributed by atoms with E-state index in [4.69, 9.17) is 9.47 Å². The van der Waals surface area contributed by atoms with Gasteiger partial charge in [-0.05, 0) is 74.4 Å². The standard InChI is InChI=1S/C29H39F3N2O4S/c1-37-26-9-10-27(38-2)28(20-26)39(35,36)34-17-13-23(14-18-34)6-3-5-22-11-15-33(16-12-22)21-24-7-4-8-25(19-24)29(30,31)32/h4,7-10,19-20,22-23H,3,5-6,11-18,21H2,1-2H3. The fourth-order valence-corrected chi connectivity index (χ4v) is 7.44. The summed E-state index contributed by atoms with van der Waals surface area (Å²) in [4.78, 5) is 2.39. The van der Waals surface area contributed by atoms with Crippen LogP contribution >= 0.6 is 0 Å². The molecule has 2 fully saturated rings. The van der Waals surface area contributed by atoms with E-state index in [9.17, 15) is 21.6 Å². The zero-order valence-corrected chi connectivity index (χ0v) is 23.6. The van der Waals surface area contributed by atoms with Gasteiger partial charge in [0, 0.05) is 25.7 Å². The molecule has 0 atom stereocenters. The highest BCUT2D eigenvalue weighted by molar-refractivity contribution is 7.89. The normalized spacial score (nSPS) is 18.8. The lowest BCUT2D eigenvalue weighted by Gasteiger charge is -2.33. The number of alkyl halides is 3. The zero-order valence-electron chi connectivity index (χ0n) is 22.8. The van der Waals surface area contributed by atoms with Crippen LogP contribution in [-0.2, 0) is 22.7 Å². The molecule has 2 heterocycles. The van der Waals surface area contributed by atoms with Crippen molar-refractivity contribution in [3.8, 4) is 11.5 Å². The highest BCUT2D eigenvalue weighted by Crippen LogP contribution is 2.34. The zero-order chi connectivity index (χ0) is 28.0. The van der Waals surface area contributed by atoms with Gasteiger partial charge in [-0.1, -0.05) is 37.5 Å². The largest absolute Gasteiger partial charge is 0.497 e. The number of sulfonamides is 1. The first kappa shape index (κ1) is 29.7. The first-order chi connectivity index (χ1) is 18.6. The fourth-order valence-electron chi connectivity index (χ4n) is 5.80. The van der Waals surface area contributed by atoms with Gasteiger partial charge in [-0.15, -0.1) is 0 Å². The van der Waals surface area contributed by atoms with Gasteiger partial charge in [0.15, 0.2) is 0 Å². The van der Waals surface area contributed by atoms with Crippen molar-refractivity contribution in [2.24, 2.45) is 11.8 Å². The number of halogens is 3. The summed E-state index contributed by atoms with van der Waals surface area (Å²) in [6, 6.07) is 10.5. The minimum atomic E-state index is -4.31. The van der Waals surface area contributed by atoms with Crippen molar-refractivity contribution in [1.82, 2.24) is 9.21 Å². The average molecular weight is 569 g/mol. The van der Waals surface area contributed by atoms with Crippen LogP contribution in [0, 0.1) is 11.8 Å². The van der Waals surface area contributed by atoms with Gasteiger partial charge in [0.1, 0.15) is 16.4 Å². The van der Waals surface area contributed by atoms with Crippen molar-refractivity contribution in [3.63, 3.8) is 0 Å². The molecule has 4 rings (SSSR count). The highest BCUT2D eigenvalue weighted by Gasteiger charge is 2.32. The number of rotatable bonds is 10. The lowest BCUT2D eigenvalue weighted by Crippen LogP contribution is -2.38. The number of hydrogen-bond donors (Lipinski definition) is 0. The summed E-state index contributed by atoms with van der Waals surface area (Å²) in [5, 5.41) is 0. The van der Waals surface area contributed by atoms with E-state index in [1.807, 2.05) is 0 Å². The molecule has 0 aromatic heterocycles. The Morgan fingerprint density at radius 2 is 1.51 bits per heavy atom. The Hall–Kier alpha value is -2.30. The fraction of sp³-hybridized carbons (Fsp3) is 0.586. The molecule has 2 aromatic rings. The van der Waals surface area contributed by atoms with Gasteiger partial charge < -0.3 is 9.47 Å². The first-order valence-electron chi connectivity index (χ1n) is 13.7. The quantitative estimate of drug-likeness (QED) is 0.341. The third-order valence-corrected chi connectivity index (χ3v) is 10.1. The summed E-state index contributed by atoms with van der Waals surface area (Å²) in [6.07, 6.45) is 2.90. The van der Waals surface area contributed by atoms with Crippen molar-refractivity contribution in [2.75, 3.05) is 40.4 Å². The van der Waals surface area contributed by atoms with Crippen molar-refractivity contribution in [1.29, 1.82) is 0 Å². The minimum absolute atomic E-state index is 0.141. The molecule has 0 N–H and O–H groups in total. The van der Waals surface area contributed by atoms with Crippen molar-refractivity contribution in [3.05, 3.63) is 53.6 Å². The number of ether oxygens (including phenoxy) is 2. The second-order valence-corrected chi connectivity index (χ2v) is 12.6. The van der Waals surface area contributed by atoms with E-state index in [-0.39, 0.29) is 4.90 Å². The summed E-state index contributed by atoms with van der Waals surface area (Å²) in [7, 11) is -0.695. The SMILES string of the molecule is COc1ccc(OC)c(S(=O)(=O)N2CCC(CCCC3CCN(Cc4cccc(C(F)(F)F)c4)CC3)CC2)c1. The van der Waals surface area contributed by atoms with E-state index in [1.165, 1.54) is 32.4 Å². The molecule has 0 amide bonds. The van der Waals surface area contributed by atoms with E-state index in [0.29, 0.717) is 48.5 Å². The molecule has 10 heteroatoms. The van der Waals surface area contributed by atoms with E-state index in [2.05, 4.69) is 4.90 Å². The van der Waals surface area contributed by atoms with Crippen LogP contribution in [0.3, 0.4) is 0 Å². The van der Waals surface area contributed by atoms with Crippen LogP contribution in [0.15, 0.2) is 47.4 Å². The number of benzene rings is 2. The summed E-state index contributed by atoms with van der Waals surface area (Å²) < 4.78 is 77.7.